The number of halogens is 3. The summed E-state index contributed by atoms with van der Waals surface area (Å²) in [6, 6.07) is 6.31. The molecule has 116 valence electrons. The first kappa shape index (κ1) is 16.3. The van der Waals surface area contributed by atoms with Crippen LogP contribution in [0.5, 0.6) is 5.75 Å². The Bertz CT molecular complexity index is 716. The van der Waals surface area contributed by atoms with Crippen LogP contribution in [-0.2, 0) is 0 Å². The molecule has 2 nitrogen and oxygen atoms in total. The highest BCUT2D eigenvalue weighted by Gasteiger charge is 2.21. The number of aromatic hydroxyl groups is 1. The zero-order valence-corrected chi connectivity index (χ0v) is 13.5. The van der Waals surface area contributed by atoms with E-state index in [0.717, 1.165) is 5.19 Å². The van der Waals surface area contributed by atoms with Gasteiger partial charge in [-0.05, 0) is 11.3 Å². The third kappa shape index (κ3) is 3.39. The minimum absolute atomic E-state index is 0.0633. The van der Waals surface area contributed by atoms with Crippen molar-refractivity contribution in [2.75, 3.05) is 0 Å². The van der Waals surface area contributed by atoms with Crippen LogP contribution in [0.1, 0.15) is 5.56 Å². The SMILES string of the molecule is C[Si](C)(C)c1cccc(C=Nc2c(F)cc(F)cc2F)c1O. The van der Waals surface area contributed by atoms with Crippen LogP contribution in [0.2, 0.25) is 19.6 Å². The van der Waals surface area contributed by atoms with Gasteiger partial charge in [0.15, 0.2) is 11.6 Å². The van der Waals surface area contributed by atoms with Crippen molar-refractivity contribution in [1.29, 1.82) is 0 Å². The van der Waals surface area contributed by atoms with Crippen LogP contribution < -0.4 is 5.19 Å². The van der Waals surface area contributed by atoms with E-state index < -0.39 is 31.2 Å². The zero-order chi connectivity index (χ0) is 16.5. The molecule has 2 rings (SSSR count). The van der Waals surface area contributed by atoms with E-state index in [-0.39, 0.29) is 5.75 Å². The molecule has 0 saturated carbocycles. The van der Waals surface area contributed by atoms with E-state index in [2.05, 4.69) is 24.6 Å². The average molecular weight is 323 g/mol. The number of hydrogen-bond donors (Lipinski definition) is 1. The lowest BCUT2D eigenvalue weighted by Gasteiger charge is -2.18. The second kappa shape index (κ2) is 5.96. The van der Waals surface area contributed by atoms with Gasteiger partial charge in [0.25, 0.3) is 0 Å². The van der Waals surface area contributed by atoms with E-state index in [0.29, 0.717) is 17.7 Å². The second-order valence-electron chi connectivity index (χ2n) is 5.97. The molecule has 22 heavy (non-hydrogen) atoms. The Morgan fingerprint density at radius 1 is 1.05 bits per heavy atom. The van der Waals surface area contributed by atoms with Crippen molar-refractivity contribution in [3.63, 3.8) is 0 Å². The molecule has 6 heteroatoms. The molecule has 0 unspecified atom stereocenters. The van der Waals surface area contributed by atoms with Crippen molar-refractivity contribution in [2.45, 2.75) is 19.6 Å². The van der Waals surface area contributed by atoms with Gasteiger partial charge in [0.2, 0.25) is 0 Å². The van der Waals surface area contributed by atoms with Gasteiger partial charge in [-0.15, -0.1) is 0 Å². The van der Waals surface area contributed by atoms with Crippen LogP contribution in [-0.4, -0.2) is 19.4 Å². The van der Waals surface area contributed by atoms with Gasteiger partial charge in [-0.1, -0.05) is 31.8 Å². The Hall–Kier alpha value is -2.08. The lowest BCUT2D eigenvalue weighted by Crippen LogP contribution is -2.37. The summed E-state index contributed by atoms with van der Waals surface area (Å²) in [6.07, 6.45) is 1.18. The molecular weight excluding hydrogens is 307 g/mol. The maximum Gasteiger partial charge on any atom is 0.154 e. The van der Waals surface area contributed by atoms with Gasteiger partial charge in [0.1, 0.15) is 17.3 Å². The third-order valence-corrected chi connectivity index (χ3v) is 5.21. The fourth-order valence-electron chi connectivity index (χ4n) is 2.06. The van der Waals surface area contributed by atoms with Crippen LogP contribution in [0, 0.1) is 17.5 Å². The fourth-order valence-corrected chi connectivity index (χ4v) is 3.51. The van der Waals surface area contributed by atoms with Gasteiger partial charge in [0, 0.05) is 23.9 Å². The molecule has 0 atom stereocenters. The first-order valence-corrected chi connectivity index (χ1v) is 10.2. The van der Waals surface area contributed by atoms with Crippen LogP contribution >= 0.6 is 0 Å². The highest BCUT2D eigenvalue weighted by molar-refractivity contribution is 6.89. The van der Waals surface area contributed by atoms with E-state index in [1.165, 1.54) is 6.21 Å². The summed E-state index contributed by atoms with van der Waals surface area (Å²) < 4.78 is 39.9. The fraction of sp³-hybridized carbons (Fsp3) is 0.188. The van der Waals surface area contributed by atoms with E-state index in [9.17, 15) is 18.3 Å². The predicted molar refractivity (Wildman–Crippen MR) is 84.7 cm³/mol. The maximum absolute atomic E-state index is 13.5. The van der Waals surface area contributed by atoms with Gasteiger partial charge in [-0.2, -0.15) is 0 Å². The monoisotopic (exact) mass is 323 g/mol. The van der Waals surface area contributed by atoms with Crippen LogP contribution in [0.25, 0.3) is 0 Å². The standard InChI is InChI=1S/C16H16F3NOSi/c1-22(2,3)14-6-4-5-10(16(14)21)9-20-15-12(18)7-11(17)8-13(15)19/h4-9,21H,1-3H3. The third-order valence-electron chi connectivity index (χ3n) is 3.19. The molecule has 0 aliphatic carbocycles. The molecule has 2 aromatic rings. The molecule has 0 spiro atoms. The summed E-state index contributed by atoms with van der Waals surface area (Å²) in [7, 11) is -1.76. The Kier molecular flexibility index (Phi) is 4.41. The maximum atomic E-state index is 13.5. The van der Waals surface area contributed by atoms with E-state index >= 15 is 0 Å². The van der Waals surface area contributed by atoms with E-state index in [1.54, 1.807) is 12.1 Å². The average Bonchev–Trinajstić information content (AvgIpc) is 2.37. The minimum Gasteiger partial charge on any atom is -0.507 e. The summed E-state index contributed by atoms with van der Waals surface area (Å²) >= 11 is 0. The van der Waals surface area contributed by atoms with Gasteiger partial charge < -0.3 is 5.11 Å². The lowest BCUT2D eigenvalue weighted by atomic mass is 10.2. The van der Waals surface area contributed by atoms with Gasteiger partial charge >= 0.3 is 0 Å². The molecule has 0 amide bonds. The number of para-hydroxylation sites is 1. The number of rotatable bonds is 3. The Labute approximate surface area is 128 Å². The summed E-state index contributed by atoms with van der Waals surface area (Å²) in [5, 5.41) is 11.1. The van der Waals surface area contributed by atoms with Crippen molar-refractivity contribution < 1.29 is 18.3 Å². The molecule has 0 saturated heterocycles. The van der Waals surface area contributed by atoms with Crippen molar-refractivity contribution in [1.82, 2.24) is 0 Å². The summed E-state index contributed by atoms with van der Waals surface area (Å²) in [5.41, 5.74) is -0.220. The Morgan fingerprint density at radius 3 is 2.18 bits per heavy atom. The second-order valence-corrected chi connectivity index (χ2v) is 11.0. The Balaban J connectivity index is 2.44. The molecule has 0 bridgehead atoms. The quantitative estimate of drug-likeness (QED) is 0.669. The molecule has 0 aliphatic rings. The van der Waals surface area contributed by atoms with Gasteiger partial charge in [0.05, 0.1) is 8.07 Å². The molecule has 0 fully saturated rings. The molecule has 0 radical (unpaired) electrons. The van der Waals surface area contributed by atoms with Gasteiger partial charge in [-0.3, -0.25) is 0 Å². The predicted octanol–water partition coefficient (Wildman–Crippen LogP) is 4.11. The molecule has 0 heterocycles. The highest BCUT2D eigenvalue weighted by atomic mass is 28.3. The first-order valence-electron chi connectivity index (χ1n) is 6.71. The lowest BCUT2D eigenvalue weighted by molar-refractivity contribution is 0.478. The number of nitrogens with zero attached hydrogens (tertiary/aromatic N) is 1. The topological polar surface area (TPSA) is 32.6 Å². The van der Waals surface area contributed by atoms with Crippen molar-refractivity contribution >= 4 is 25.2 Å². The normalized spacial score (nSPS) is 12.1. The first-order chi connectivity index (χ1) is 10.2. The summed E-state index contributed by atoms with van der Waals surface area (Å²) in [6.45, 7) is 6.22. The Morgan fingerprint density at radius 2 is 1.64 bits per heavy atom. The number of phenols is 1. The number of phenolic OH excluding ortho intramolecular Hbond substituents is 1. The molecular formula is C16H16F3NOSi. The van der Waals surface area contributed by atoms with Crippen molar-refractivity contribution in [2.24, 2.45) is 4.99 Å². The van der Waals surface area contributed by atoms with Gasteiger partial charge in [-0.25, -0.2) is 18.2 Å². The highest BCUT2D eigenvalue weighted by Crippen LogP contribution is 2.24. The zero-order valence-electron chi connectivity index (χ0n) is 12.5. The van der Waals surface area contributed by atoms with Crippen LogP contribution in [0.4, 0.5) is 18.9 Å². The number of hydrogen-bond acceptors (Lipinski definition) is 2. The molecule has 0 aromatic heterocycles. The number of benzene rings is 2. The molecule has 2 aromatic carbocycles. The molecule has 1 N–H and O–H groups in total. The van der Waals surface area contributed by atoms with E-state index in [4.69, 9.17) is 0 Å². The van der Waals surface area contributed by atoms with Crippen molar-refractivity contribution in [3.05, 3.63) is 53.3 Å². The van der Waals surface area contributed by atoms with E-state index in [1.807, 2.05) is 6.07 Å². The van der Waals surface area contributed by atoms with Crippen molar-refractivity contribution in [3.8, 4) is 5.75 Å². The smallest absolute Gasteiger partial charge is 0.154 e. The molecule has 0 aliphatic heterocycles. The summed E-state index contributed by atoms with van der Waals surface area (Å²) in [4.78, 5) is 3.71. The van der Waals surface area contributed by atoms with Crippen LogP contribution in [0.15, 0.2) is 35.3 Å². The van der Waals surface area contributed by atoms with Crippen LogP contribution in [0.3, 0.4) is 0 Å². The minimum atomic E-state index is -1.76. The summed E-state index contributed by atoms with van der Waals surface area (Å²) in [5.74, 6) is -3.12. The largest absolute Gasteiger partial charge is 0.507 e. The number of aliphatic imine (C=N–C) groups is 1.